The molecule has 1 saturated heterocycles. The zero-order valence-corrected chi connectivity index (χ0v) is 16.3. The quantitative estimate of drug-likeness (QED) is 0.707. The summed E-state index contributed by atoms with van der Waals surface area (Å²) in [6.07, 6.45) is 1.45. The fraction of sp³-hybridized carbons (Fsp3) is 0.300. The Morgan fingerprint density at radius 3 is 2.79 bits per heavy atom. The minimum atomic E-state index is -0.291. The molecule has 4 rings (SSSR count). The van der Waals surface area contributed by atoms with Gasteiger partial charge in [0.1, 0.15) is 29.4 Å². The van der Waals surface area contributed by atoms with E-state index < -0.39 is 0 Å². The molecule has 1 N–H and O–H groups in total. The summed E-state index contributed by atoms with van der Waals surface area (Å²) in [4.78, 5) is 23.4. The molecule has 0 bridgehead atoms. The summed E-state index contributed by atoms with van der Waals surface area (Å²) in [6, 6.07) is 11.1. The Hall–Kier alpha value is -3.46. The van der Waals surface area contributed by atoms with Crippen LogP contribution in [0.4, 0.5) is 11.6 Å². The first-order valence-corrected chi connectivity index (χ1v) is 9.28. The zero-order valence-electron chi connectivity index (χ0n) is 16.3. The average Bonchev–Trinajstić information content (AvgIpc) is 3.16. The zero-order chi connectivity index (χ0) is 20.2. The highest BCUT2D eigenvalue weighted by molar-refractivity contribution is 6.03. The first-order valence-electron chi connectivity index (χ1n) is 9.28. The van der Waals surface area contributed by atoms with Crippen molar-refractivity contribution in [2.24, 2.45) is 7.05 Å². The summed E-state index contributed by atoms with van der Waals surface area (Å²) in [7, 11) is 3.35. The van der Waals surface area contributed by atoms with Crippen LogP contribution in [-0.2, 0) is 11.8 Å². The molecule has 1 amide bonds. The topological polar surface area (TPSA) is 94.4 Å². The van der Waals surface area contributed by atoms with Crippen LogP contribution in [-0.4, -0.2) is 59.1 Å². The smallest absolute Gasteiger partial charge is 0.275 e. The van der Waals surface area contributed by atoms with Crippen LogP contribution in [0.15, 0.2) is 42.7 Å². The number of carbonyl (C=O) groups excluding carboxylic acids is 1. The summed E-state index contributed by atoms with van der Waals surface area (Å²) in [6.45, 7) is 2.84. The van der Waals surface area contributed by atoms with Gasteiger partial charge in [0, 0.05) is 31.8 Å². The first-order chi connectivity index (χ1) is 14.1. The van der Waals surface area contributed by atoms with Crippen molar-refractivity contribution in [2.75, 3.05) is 43.6 Å². The molecule has 2 aromatic heterocycles. The van der Waals surface area contributed by atoms with E-state index in [2.05, 4.69) is 25.3 Å². The van der Waals surface area contributed by atoms with Gasteiger partial charge in [-0.15, -0.1) is 0 Å². The van der Waals surface area contributed by atoms with Gasteiger partial charge in [-0.2, -0.15) is 5.10 Å². The van der Waals surface area contributed by atoms with Gasteiger partial charge in [0.05, 0.1) is 26.0 Å². The number of morpholine rings is 1. The maximum atomic E-state index is 12.8. The van der Waals surface area contributed by atoms with Gasteiger partial charge in [-0.05, 0) is 18.2 Å². The fourth-order valence-corrected chi connectivity index (χ4v) is 3.16. The lowest BCUT2D eigenvalue weighted by molar-refractivity contribution is 0.101. The van der Waals surface area contributed by atoms with E-state index in [1.54, 1.807) is 31.0 Å². The van der Waals surface area contributed by atoms with Gasteiger partial charge < -0.3 is 19.7 Å². The van der Waals surface area contributed by atoms with E-state index in [0.717, 1.165) is 30.2 Å². The van der Waals surface area contributed by atoms with Crippen molar-refractivity contribution in [3.8, 4) is 17.0 Å². The Bertz CT molecular complexity index is 1010. The number of benzene rings is 1. The van der Waals surface area contributed by atoms with Crippen LogP contribution in [0.3, 0.4) is 0 Å². The summed E-state index contributed by atoms with van der Waals surface area (Å²) in [5.41, 5.74) is 1.98. The van der Waals surface area contributed by atoms with Crippen molar-refractivity contribution in [1.29, 1.82) is 0 Å². The van der Waals surface area contributed by atoms with Crippen LogP contribution in [0, 0.1) is 0 Å². The largest absolute Gasteiger partial charge is 0.497 e. The number of nitrogens with zero attached hydrogens (tertiary/aromatic N) is 5. The number of aromatic nitrogens is 4. The molecule has 0 radical (unpaired) electrons. The van der Waals surface area contributed by atoms with Gasteiger partial charge in [0.15, 0.2) is 0 Å². The molecule has 150 valence electrons. The highest BCUT2D eigenvalue weighted by atomic mass is 16.5. The van der Waals surface area contributed by atoms with E-state index in [0.29, 0.717) is 30.4 Å². The molecule has 3 aromatic rings. The normalized spacial score (nSPS) is 13.9. The van der Waals surface area contributed by atoms with Crippen LogP contribution in [0.5, 0.6) is 5.75 Å². The molecular formula is C20H22N6O3. The third-order valence-corrected chi connectivity index (χ3v) is 4.71. The summed E-state index contributed by atoms with van der Waals surface area (Å²) in [5.74, 6) is 1.65. The third-order valence-electron chi connectivity index (χ3n) is 4.71. The molecule has 0 unspecified atom stereocenters. The number of ether oxygens (including phenoxy) is 2. The standard InChI is InChI=1S/C20H22N6O3/c1-25-17(11-16(24-25)14-4-3-5-15(10-14)28-2)20(27)23-18-12-19(22-13-21-18)26-6-8-29-9-7-26/h3-5,10-13H,6-9H2,1-2H3,(H,21,22,23,27). The molecule has 0 saturated carbocycles. The van der Waals surface area contributed by atoms with Crippen LogP contribution in [0.1, 0.15) is 10.5 Å². The molecule has 1 aromatic carbocycles. The van der Waals surface area contributed by atoms with Crippen LogP contribution in [0.2, 0.25) is 0 Å². The molecule has 29 heavy (non-hydrogen) atoms. The van der Waals surface area contributed by atoms with Crippen molar-refractivity contribution in [3.05, 3.63) is 48.4 Å². The predicted molar refractivity (Wildman–Crippen MR) is 108 cm³/mol. The van der Waals surface area contributed by atoms with E-state index in [1.807, 2.05) is 24.3 Å². The third kappa shape index (κ3) is 4.19. The number of methoxy groups -OCH3 is 1. The van der Waals surface area contributed by atoms with Crippen LogP contribution >= 0.6 is 0 Å². The Labute approximate surface area is 168 Å². The lowest BCUT2D eigenvalue weighted by Crippen LogP contribution is -2.36. The Balaban J connectivity index is 1.52. The minimum Gasteiger partial charge on any atom is -0.497 e. The number of carbonyl (C=O) groups is 1. The highest BCUT2D eigenvalue weighted by Crippen LogP contribution is 2.24. The molecule has 1 aliphatic rings. The number of anilines is 2. The molecule has 3 heterocycles. The second-order valence-corrected chi connectivity index (χ2v) is 6.59. The summed E-state index contributed by atoms with van der Waals surface area (Å²) in [5, 5.41) is 7.29. The van der Waals surface area contributed by atoms with Gasteiger partial charge in [0.25, 0.3) is 5.91 Å². The molecule has 9 heteroatoms. The second kappa shape index (κ2) is 8.27. The minimum absolute atomic E-state index is 0.291. The monoisotopic (exact) mass is 394 g/mol. The lowest BCUT2D eigenvalue weighted by Gasteiger charge is -2.27. The second-order valence-electron chi connectivity index (χ2n) is 6.59. The van der Waals surface area contributed by atoms with Crippen LogP contribution < -0.4 is 15.0 Å². The maximum Gasteiger partial charge on any atom is 0.275 e. The molecular weight excluding hydrogens is 372 g/mol. The average molecular weight is 394 g/mol. The van der Waals surface area contributed by atoms with Crippen LogP contribution in [0.25, 0.3) is 11.3 Å². The number of hydrogen-bond donors (Lipinski definition) is 1. The Morgan fingerprint density at radius 1 is 1.17 bits per heavy atom. The van der Waals surface area contributed by atoms with E-state index in [1.165, 1.54) is 6.33 Å². The molecule has 1 fully saturated rings. The Kier molecular flexibility index (Phi) is 5.39. The number of hydrogen-bond acceptors (Lipinski definition) is 7. The predicted octanol–water partition coefficient (Wildman–Crippen LogP) is 1.97. The molecule has 9 nitrogen and oxygen atoms in total. The lowest BCUT2D eigenvalue weighted by atomic mass is 10.1. The molecule has 0 atom stereocenters. The van der Waals surface area contributed by atoms with Gasteiger partial charge >= 0.3 is 0 Å². The number of aryl methyl sites for hydroxylation is 1. The highest BCUT2D eigenvalue weighted by Gasteiger charge is 2.17. The first kappa shape index (κ1) is 18.9. The molecule has 1 aliphatic heterocycles. The number of rotatable bonds is 5. The van der Waals surface area contributed by atoms with E-state index in [9.17, 15) is 4.79 Å². The summed E-state index contributed by atoms with van der Waals surface area (Å²) < 4.78 is 12.2. The SMILES string of the molecule is COc1cccc(-c2cc(C(=O)Nc3cc(N4CCOCC4)ncn3)n(C)n2)c1. The van der Waals surface area contributed by atoms with E-state index in [-0.39, 0.29) is 5.91 Å². The van der Waals surface area contributed by atoms with Gasteiger partial charge in [-0.3, -0.25) is 9.48 Å². The van der Waals surface area contributed by atoms with Crippen molar-refractivity contribution >= 4 is 17.5 Å². The summed E-state index contributed by atoms with van der Waals surface area (Å²) >= 11 is 0. The van der Waals surface area contributed by atoms with E-state index in [4.69, 9.17) is 9.47 Å². The van der Waals surface area contributed by atoms with Crippen molar-refractivity contribution in [3.63, 3.8) is 0 Å². The van der Waals surface area contributed by atoms with Crippen molar-refractivity contribution < 1.29 is 14.3 Å². The number of nitrogens with one attached hydrogen (secondary N) is 1. The fourth-order valence-electron chi connectivity index (χ4n) is 3.16. The number of amides is 1. The van der Waals surface area contributed by atoms with Crippen molar-refractivity contribution in [1.82, 2.24) is 19.7 Å². The van der Waals surface area contributed by atoms with E-state index >= 15 is 0 Å². The molecule has 0 spiro atoms. The maximum absolute atomic E-state index is 12.8. The van der Waals surface area contributed by atoms with Gasteiger partial charge in [0.2, 0.25) is 0 Å². The van der Waals surface area contributed by atoms with Gasteiger partial charge in [-0.25, -0.2) is 9.97 Å². The Morgan fingerprint density at radius 2 is 2.00 bits per heavy atom. The van der Waals surface area contributed by atoms with Crippen molar-refractivity contribution in [2.45, 2.75) is 0 Å². The van der Waals surface area contributed by atoms with Gasteiger partial charge in [-0.1, -0.05) is 12.1 Å². The molecule has 0 aliphatic carbocycles.